The number of fused-ring (bicyclic) bond motifs is 1. The van der Waals surface area contributed by atoms with E-state index in [1.165, 1.54) is 17.5 Å². The van der Waals surface area contributed by atoms with Crippen molar-refractivity contribution >= 4 is 5.91 Å². The number of pyridine rings is 1. The Kier molecular flexibility index (Phi) is 5.38. The van der Waals surface area contributed by atoms with Crippen molar-refractivity contribution < 1.29 is 4.79 Å². The van der Waals surface area contributed by atoms with Gasteiger partial charge in [-0.05, 0) is 53.1 Å². The van der Waals surface area contributed by atoms with Gasteiger partial charge in [0.15, 0.2) is 0 Å². The summed E-state index contributed by atoms with van der Waals surface area (Å²) in [6.07, 6.45) is 5.72. The first-order valence-corrected chi connectivity index (χ1v) is 9.78. The van der Waals surface area contributed by atoms with Gasteiger partial charge in [-0.25, -0.2) is 0 Å². The number of amides is 1. The molecule has 4 nitrogen and oxygen atoms in total. The summed E-state index contributed by atoms with van der Waals surface area (Å²) >= 11 is 0. The predicted molar refractivity (Wildman–Crippen MR) is 110 cm³/mol. The maximum atomic E-state index is 12.3. The highest BCUT2D eigenvalue weighted by Crippen LogP contribution is 2.23. The number of benzene rings is 2. The Morgan fingerprint density at radius 2 is 1.64 bits per heavy atom. The van der Waals surface area contributed by atoms with Crippen molar-refractivity contribution in [3.63, 3.8) is 0 Å². The van der Waals surface area contributed by atoms with Crippen LogP contribution in [0.25, 0.3) is 0 Å². The maximum Gasteiger partial charge on any atom is 0.250 e. The van der Waals surface area contributed by atoms with Gasteiger partial charge >= 0.3 is 0 Å². The Morgan fingerprint density at radius 3 is 2.46 bits per heavy atom. The summed E-state index contributed by atoms with van der Waals surface area (Å²) in [5, 5.41) is 3.00. The van der Waals surface area contributed by atoms with E-state index in [2.05, 4.69) is 23.5 Å². The lowest BCUT2D eigenvalue weighted by molar-refractivity contribution is -0.120. The van der Waals surface area contributed by atoms with E-state index in [4.69, 9.17) is 0 Å². The molecule has 1 N–H and O–H groups in total. The lowest BCUT2D eigenvalue weighted by Gasteiger charge is -2.09. The second-order valence-corrected chi connectivity index (χ2v) is 7.39. The van der Waals surface area contributed by atoms with E-state index in [0.717, 1.165) is 29.5 Å². The highest BCUT2D eigenvalue weighted by Gasteiger charge is 2.12. The monoisotopic (exact) mass is 372 g/mol. The molecule has 0 fully saturated rings. The fourth-order valence-corrected chi connectivity index (χ4v) is 3.73. The van der Waals surface area contributed by atoms with Crippen LogP contribution in [0.2, 0.25) is 0 Å². The minimum absolute atomic E-state index is 0.00889. The second-order valence-electron chi connectivity index (χ2n) is 7.39. The lowest BCUT2D eigenvalue weighted by Crippen LogP contribution is -2.24. The number of nitrogens with zero attached hydrogens (tertiary/aromatic N) is 1. The van der Waals surface area contributed by atoms with E-state index in [9.17, 15) is 9.59 Å². The van der Waals surface area contributed by atoms with Crippen LogP contribution >= 0.6 is 0 Å². The number of hydrogen-bond acceptors (Lipinski definition) is 2. The maximum absolute atomic E-state index is 12.3. The van der Waals surface area contributed by atoms with Gasteiger partial charge < -0.3 is 9.88 Å². The molecule has 0 aliphatic heterocycles. The van der Waals surface area contributed by atoms with Gasteiger partial charge in [0.1, 0.15) is 0 Å². The minimum Gasteiger partial charge on any atom is -0.352 e. The minimum atomic E-state index is -0.00889. The molecule has 0 bridgehead atoms. The zero-order valence-corrected chi connectivity index (χ0v) is 15.9. The van der Waals surface area contributed by atoms with Gasteiger partial charge in [0.05, 0.1) is 13.0 Å². The molecule has 1 aliphatic carbocycles. The molecule has 0 saturated heterocycles. The Morgan fingerprint density at radius 1 is 0.893 bits per heavy atom. The van der Waals surface area contributed by atoms with E-state index in [1.54, 1.807) is 22.9 Å². The van der Waals surface area contributed by atoms with Crippen LogP contribution in [0.3, 0.4) is 0 Å². The molecule has 1 aromatic heterocycles. The van der Waals surface area contributed by atoms with Crippen molar-refractivity contribution in [1.29, 1.82) is 0 Å². The number of hydrogen-bond donors (Lipinski definition) is 1. The smallest absolute Gasteiger partial charge is 0.250 e. The molecule has 0 atom stereocenters. The van der Waals surface area contributed by atoms with Gasteiger partial charge in [-0.2, -0.15) is 0 Å². The number of carbonyl (C=O) groups is 1. The van der Waals surface area contributed by atoms with Crippen LogP contribution in [0.1, 0.15) is 34.2 Å². The molecule has 3 aromatic rings. The van der Waals surface area contributed by atoms with Crippen molar-refractivity contribution in [2.45, 2.75) is 38.8 Å². The fourth-order valence-electron chi connectivity index (χ4n) is 3.73. The van der Waals surface area contributed by atoms with Crippen LogP contribution in [0, 0.1) is 0 Å². The van der Waals surface area contributed by atoms with Crippen molar-refractivity contribution in [2.24, 2.45) is 0 Å². The van der Waals surface area contributed by atoms with Crippen molar-refractivity contribution in [2.75, 3.05) is 0 Å². The Hall–Kier alpha value is -3.14. The standard InChI is InChI=1S/C24H24N2O2/c27-23(15-20-11-12-21-4-3-5-22(21)14-20)25-16-18-7-9-19(10-8-18)17-26-13-2-1-6-24(26)28/h1-2,6-14H,3-5,15-17H2,(H,25,27). The van der Waals surface area contributed by atoms with E-state index in [0.29, 0.717) is 19.5 Å². The molecule has 142 valence electrons. The number of rotatable bonds is 6. The molecular formula is C24H24N2O2. The van der Waals surface area contributed by atoms with Crippen LogP contribution in [0.5, 0.6) is 0 Å². The van der Waals surface area contributed by atoms with E-state index in [-0.39, 0.29) is 11.5 Å². The lowest BCUT2D eigenvalue weighted by atomic mass is 10.0. The van der Waals surface area contributed by atoms with Crippen LogP contribution in [-0.4, -0.2) is 10.5 Å². The molecule has 4 rings (SSSR count). The average molecular weight is 372 g/mol. The van der Waals surface area contributed by atoms with Crippen molar-refractivity contribution in [3.05, 3.63) is 105 Å². The first-order chi connectivity index (χ1) is 13.7. The highest BCUT2D eigenvalue weighted by molar-refractivity contribution is 5.78. The Balaban J connectivity index is 1.30. The number of aromatic nitrogens is 1. The SMILES string of the molecule is O=C(Cc1ccc2c(c1)CCC2)NCc1ccc(Cn2ccccc2=O)cc1. The normalized spacial score (nSPS) is 12.6. The molecule has 1 heterocycles. The molecule has 0 saturated carbocycles. The van der Waals surface area contributed by atoms with E-state index < -0.39 is 0 Å². The van der Waals surface area contributed by atoms with Crippen LogP contribution in [0.4, 0.5) is 0 Å². The van der Waals surface area contributed by atoms with Gasteiger partial charge in [0, 0.05) is 18.8 Å². The second kappa shape index (κ2) is 8.26. The number of aryl methyl sites for hydroxylation is 2. The zero-order chi connectivity index (χ0) is 19.3. The summed E-state index contributed by atoms with van der Waals surface area (Å²) < 4.78 is 1.67. The molecule has 0 spiro atoms. The van der Waals surface area contributed by atoms with E-state index in [1.807, 2.05) is 30.3 Å². The Bertz CT molecular complexity index is 1030. The van der Waals surface area contributed by atoms with Crippen LogP contribution < -0.4 is 10.9 Å². The van der Waals surface area contributed by atoms with Gasteiger partial charge in [-0.3, -0.25) is 9.59 Å². The Labute approximate surface area is 164 Å². The molecule has 0 unspecified atom stereocenters. The molecule has 1 amide bonds. The summed E-state index contributed by atoms with van der Waals surface area (Å²) in [6.45, 7) is 1.06. The van der Waals surface area contributed by atoms with Crippen molar-refractivity contribution in [1.82, 2.24) is 9.88 Å². The molecule has 4 heteroatoms. The van der Waals surface area contributed by atoms with E-state index >= 15 is 0 Å². The quantitative estimate of drug-likeness (QED) is 0.722. The van der Waals surface area contributed by atoms with Crippen LogP contribution in [0.15, 0.2) is 71.7 Å². The van der Waals surface area contributed by atoms with Gasteiger partial charge in [0.25, 0.3) is 5.56 Å². The predicted octanol–water partition coefficient (Wildman–Crippen LogP) is 3.24. The molecule has 2 aromatic carbocycles. The topological polar surface area (TPSA) is 51.1 Å². The zero-order valence-electron chi connectivity index (χ0n) is 15.9. The molecule has 1 aliphatic rings. The summed E-state index contributed by atoms with van der Waals surface area (Å²) in [6, 6.07) is 19.6. The number of nitrogens with one attached hydrogen (secondary N) is 1. The highest BCUT2D eigenvalue weighted by atomic mass is 16.1. The molecular weight excluding hydrogens is 348 g/mol. The summed E-state index contributed by atoms with van der Waals surface area (Å²) in [5.41, 5.74) is 6.01. The summed E-state index contributed by atoms with van der Waals surface area (Å²) in [4.78, 5) is 24.1. The first kappa shape index (κ1) is 18.2. The van der Waals surface area contributed by atoms with Crippen molar-refractivity contribution in [3.8, 4) is 0 Å². The average Bonchev–Trinajstić information content (AvgIpc) is 3.17. The summed E-state index contributed by atoms with van der Waals surface area (Å²) in [7, 11) is 0. The van der Waals surface area contributed by atoms with Gasteiger partial charge in [-0.15, -0.1) is 0 Å². The number of carbonyl (C=O) groups excluding carboxylic acids is 1. The fraction of sp³-hybridized carbons (Fsp3) is 0.250. The molecule has 0 radical (unpaired) electrons. The third-order valence-electron chi connectivity index (χ3n) is 5.29. The van der Waals surface area contributed by atoms with Gasteiger partial charge in [0.2, 0.25) is 5.91 Å². The van der Waals surface area contributed by atoms with Crippen LogP contribution in [-0.2, 0) is 37.1 Å². The molecule has 28 heavy (non-hydrogen) atoms. The van der Waals surface area contributed by atoms with Gasteiger partial charge in [-0.1, -0.05) is 48.5 Å². The first-order valence-electron chi connectivity index (χ1n) is 9.78. The summed E-state index contributed by atoms with van der Waals surface area (Å²) in [5.74, 6) is 0.0397. The third kappa shape index (κ3) is 4.39. The third-order valence-corrected chi connectivity index (χ3v) is 5.29. The largest absolute Gasteiger partial charge is 0.352 e.